The minimum absolute atomic E-state index is 0.558. The largest absolute Gasteiger partial charge is 0.478 e. The van der Waals surface area contributed by atoms with Gasteiger partial charge in [0, 0.05) is 36.9 Å². The predicted octanol–water partition coefficient (Wildman–Crippen LogP) is 2.49. The molecule has 0 unspecified atom stereocenters. The van der Waals surface area contributed by atoms with Gasteiger partial charge in [0.25, 0.3) is 0 Å². The Balaban J connectivity index is 0.000000301. The average molecular weight is 302 g/mol. The molecule has 0 spiro atoms. The molecule has 0 atom stereocenters. The molecular formula is C16H18N2O4. The van der Waals surface area contributed by atoms with E-state index < -0.39 is 11.9 Å². The first-order valence-electron chi connectivity index (χ1n) is 6.29. The summed E-state index contributed by atoms with van der Waals surface area (Å²) < 4.78 is 0. The van der Waals surface area contributed by atoms with E-state index in [0.717, 1.165) is 0 Å². The maximum Gasteiger partial charge on any atom is 0.328 e. The molecule has 2 heterocycles. The van der Waals surface area contributed by atoms with Crippen molar-refractivity contribution in [2.24, 2.45) is 0 Å². The first-order valence-corrected chi connectivity index (χ1v) is 6.29. The number of aliphatic carboxylic acids is 2. The molecule has 0 aliphatic rings. The van der Waals surface area contributed by atoms with Gasteiger partial charge in [-0.2, -0.15) is 0 Å². The molecule has 0 saturated heterocycles. The molecule has 22 heavy (non-hydrogen) atoms. The second-order valence-corrected chi connectivity index (χ2v) is 4.06. The van der Waals surface area contributed by atoms with Crippen molar-refractivity contribution < 1.29 is 19.8 Å². The fraction of sp³-hybridized carbons (Fsp3) is 0.125. The van der Waals surface area contributed by atoms with E-state index in [9.17, 15) is 9.59 Å². The molecule has 0 saturated carbocycles. The van der Waals surface area contributed by atoms with Gasteiger partial charge in [-0.05, 0) is 49.2 Å². The molecule has 0 aliphatic carbocycles. The fourth-order valence-corrected chi connectivity index (χ4v) is 0.995. The van der Waals surface area contributed by atoms with E-state index >= 15 is 0 Å². The van der Waals surface area contributed by atoms with Gasteiger partial charge in [-0.25, -0.2) is 9.59 Å². The van der Waals surface area contributed by atoms with Crippen molar-refractivity contribution in [1.82, 2.24) is 9.97 Å². The minimum Gasteiger partial charge on any atom is -0.478 e. The number of carboxylic acid groups (broad SMARTS) is 2. The quantitative estimate of drug-likeness (QED) is 0.827. The zero-order valence-corrected chi connectivity index (χ0v) is 12.4. The Bertz CT molecular complexity index is 530. The highest BCUT2D eigenvalue weighted by Crippen LogP contribution is 1.89. The molecular weight excluding hydrogens is 284 g/mol. The monoisotopic (exact) mass is 302 g/mol. The Labute approximate surface area is 128 Å². The Hall–Kier alpha value is -3.02. The molecule has 0 amide bonds. The highest BCUT2D eigenvalue weighted by Gasteiger charge is 1.88. The third-order valence-electron chi connectivity index (χ3n) is 2.06. The van der Waals surface area contributed by atoms with Crippen LogP contribution in [0, 0.1) is 13.8 Å². The molecule has 0 aliphatic heterocycles. The van der Waals surface area contributed by atoms with Crippen LogP contribution in [0.25, 0.3) is 0 Å². The number of hydrogen-bond donors (Lipinski definition) is 2. The van der Waals surface area contributed by atoms with Crippen LogP contribution in [-0.4, -0.2) is 32.1 Å². The molecule has 0 aromatic carbocycles. The zero-order valence-electron chi connectivity index (χ0n) is 12.4. The fourth-order valence-electron chi connectivity index (χ4n) is 0.995. The Kier molecular flexibility index (Phi) is 10.2. The lowest BCUT2D eigenvalue weighted by Gasteiger charge is -1.82. The van der Waals surface area contributed by atoms with E-state index in [1.54, 1.807) is 24.8 Å². The summed E-state index contributed by atoms with van der Waals surface area (Å²) in [6.45, 7) is 4.09. The Morgan fingerprint density at radius 2 is 1.05 bits per heavy atom. The summed E-state index contributed by atoms with van der Waals surface area (Å²) in [5.74, 6) is -2.51. The van der Waals surface area contributed by atoms with Crippen LogP contribution in [0.15, 0.2) is 61.2 Å². The van der Waals surface area contributed by atoms with Crippen LogP contribution in [0.4, 0.5) is 0 Å². The molecule has 2 N–H and O–H groups in total. The summed E-state index contributed by atoms with van der Waals surface area (Å²) >= 11 is 0. The number of rotatable bonds is 2. The molecule has 2 rings (SSSR count). The van der Waals surface area contributed by atoms with Gasteiger partial charge in [0.2, 0.25) is 0 Å². The number of carbonyl (C=O) groups is 2. The smallest absolute Gasteiger partial charge is 0.328 e. The molecule has 2 aromatic heterocycles. The van der Waals surface area contributed by atoms with Crippen LogP contribution >= 0.6 is 0 Å². The van der Waals surface area contributed by atoms with Gasteiger partial charge < -0.3 is 10.2 Å². The van der Waals surface area contributed by atoms with Crippen molar-refractivity contribution >= 4 is 11.9 Å². The molecule has 6 nitrogen and oxygen atoms in total. The van der Waals surface area contributed by atoms with E-state index in [-0.39, 0.29) is 0 Å². The summed E-state index contributed by atoms with van der Waals surface area (Å²) in [5.41, 5.74) is 2.52. The zero-order chi connectivity index (χ0) is 16.8. The van der Waals surface area contributed by atoms with Crippen LogP contribution in [0.2, 0.25) is 0 Å². The van der Waals surface area contributed by atoms with E-state index in [1.165, 1.54) is 11.1 Å². The lowest BCUT2D eigenvalue weighted by atomic mass is 10.3. The van der Waals surface area contributed by atoms with Crippen molar-refractivity contribution in [3.8, 4) is 0 Å². The normalized spacial score (nSPS) is 9.00. The number of carboxylic acids is 2. The maximum atomic E-state index is 9.55. The van der Waals surface area contributed by atoms with Crippen LogP contribution in [-0.2, 0) is 9.59 Å². The molecule has 0 radical (unpaired) electrons. The summed E-state index contributed by atoms with van der Waals surface area (Å²) in [7, 11) is 0. The highest BCUT2D eigenvalue weighted by molar-refractivity contribution is 5.89. The molecule has 0 fully saturated rings. The van der Waals surface area contributed by atoms with Crippen molar-refractivity contribution in [1.29, 1.82) is 0 Å². The Morgan fingerprint density at radius 3 is 1.18 bits per heavy atom. The summed E-state index contributed by atoms with van der Waals surface area (Å²) in [4.78, 5) is 26.8. The predicted molar refractivity (Wildman–Crippen MR) is 82.4 cm³/mol. The van der Waals surface area contributed by atoms with Crippen molar-refractivity contribution in [3.05, 3.63) is 72.3 Å². The molecule has 6 heteroatoms. The number of nitrogens with zero attached hydrogens (tertiary/aromatic N) is 2. The summed E-state index contributed by atoms with van der Waals surface area (Å²) in [5, 5.41) is 15.6. The molecule has 0 bridgehead atoms. The van der Waals surface area contributed by atoms with Gasteiger partial charge in [-0.3, -0.25) is 9.97 Å². The van der Waals surface area contributed by atoms with Gasteiger partial charge >= 0.3 is 11.9 Å². The summed E-state index contributed by atoms with van der Waals surface area (Å²) in [6.07, 6.45) is 8.26. The van der Waals surface area contributed by atoms with E-state index in [2.05, 4.69) is 9.97 Å². The first kappa shape index (κ1) is 19.0. The van der Waals surface area contributed by atoms with Gasteiger partial charge in [0.1, 0.15) is 0 Å². The van der Waals surface area contributed by atoms with E-state index in [0.29, 0.717) is 12.2 Å². The van der Waals surface area contributed by atoms with Gasteiger partial charge in [-0.1, -0.05) is 0 Å². The number of aromatic nitrogens is 2. The topological polar surface area (TPSA) is 100 Å². The van der Waals surface area contributed by atoms with Gasteiger partial charge in [0.15, 0.2) is 0 Å². The third kappa shape index (κ3) is 13.4. The number of pyridine rings is 2. The Morgan fingerprint density at radius 1 is 0.773 bits per heavy atom. The first-order chi connectivity index (χ1) is 10.4. The molecule has 2 aromatic rings. The summed E-state index contributed by atoms with van der Waals surface area (Å²) in [6, 6.07) is 7.89. The van der Waals surface area contributed by atoms with Crippen LogP contribution < -0.4 is 0 Å². The number of hydrogen-bond acceptors (Lipinski definition) is 4. The van der Waals surface area contributed by atoms with Crippen LogP contribution in [0.1, 0.15) is 11.1 Å². The van der Waals surface area contributed by atoms with E-state index in [1.807, 2.05) is 38.1 Å². The van der Waals surface area contributed by atoms with Gasteiger partial charge in [-0.15, -0.1) is 0 Å². The van der Waals surface area contributed by atoms with Crippen LogP contribution in [0.5, 0.6) is 0 Å². The minimum atomic E-state index is -1.26. The second kappa shape index (κ2) is 11.8. The standard InChI is InChI=1S/2C6H7N.C4H4O4/c2*1-6-2-4-7-5-3-6;5-3(6)1-2-4(7)8/h2*2-5H,1H3;1-2H,(H,5,6)(H,7,8)/b;;2-1+. The van der Waals surface area contributed by atoms with Crippen molar-refractivity contribution in [2.45, 2.75) is 13.8 Å². The highest BCUT2D eigenvalue weighted by atomic mass is 16.4. The maximum absolute atomic E-state index is 9.55. The molecule has 116 valence electrons. The number of aryl methyl sites for hydroxylation is 2. The lowest BCUT2D eigenvalue weighted by molar-refractivity contribution is -0.134. The third-order valence-corrected chi connectivity index (χ3v) is 2.06. The van der Waals surface area contributed by atoms with Gasteiger partial charge in [0.05, 0.1) is 0 Å². The SMILES string of the molecule is Cc1ccncc1.Cc1ccncc1.O=C(O)/C=C/C(=O)O. The van der Waals surface area contributed by atoms with E-state index in [4.69, 9.17) is 10.2 Å². The van der Waals surface area contributed by atoms with Crippen molar-refractivity contribution in [2.75, 3.05) is 0 Å². The average Bonchev–Trinajstić information content (AvgIpc) is 2.48. The second-order valence-electron chi connectivity index (χ2n) is 4.06. The lowest BCUT2D eigenvalue weighted by Crippen LogP contribution is -1.91. The van der Waals surface area contributed by atoms with Crippen LogP contribution in [0.3, 0.4) is 0 Å². The van der Waals surface area contributed by atoms with Crippen molar-refractivity contribution in [3.63, 3.8) is 0 Å².